The molecule has 1 aromatic heterocycles. The first-order chi connectivity index (χ1) is 9.06. The zero-order chi connectivity index (χ0) is 13.6. The summed E-state index contributed by atoms with van der Waals surface area (Å²) < 4.78 is 3.12. The lowest BCUT2D eigenvalue weighted by Gasteiger charge is -2.36. The molecule has 2 unspecified atom stereocenters. The lowest BCUT2D eigenvalue weighted by Crippen LogP contribution is -2.48. The van der Waals surface area contributed by atoms with Gasteiger partial charge in [-0.3, -0.25) is 4.79 Å². The van der Waals surface area contributed by atoms with Crippen molar-refractivity contribution in [2.75, 3.05) is 6.54 Å². The van der Waals surface area contributed by atoms with Crippen molar-refractivity contribution in [1.82, 2.24) is 9.47 Å². The van der Waals surface area contributed by atoms with E-state index in [1.807, 2.05) is 17.2 Å². The van der Waals surface area contributed by atoms with Crippen LogP contribution in [0, 0.1) is 0 Å². The minimum Gasteiger partial charge on any atom is -0.339 e. The third-order valence-electron chi connectivity index (χ3n) is 4.15. The zero-order valence-corrected chi connectivity index (χ0v) is 12.8. The number of halogens is 1. The number of likely N-dealkylation sites (tertiary alicyclic amines) is 1. The summed E-state index contributed by atoms with van der Waals surface area (Å²) in [4.78, 5) is 14.7. The van der Waals surface area contributed by atoms with E-state index in [0.717, 1.165) is 29.6 Å². The highest BCUT2D eigenvalue weighted by Gasteiger charge is 2.32. The smallest absolute Gasteiger partial charge is 0.270 e. The number of piperidine rings is 1. The molecule has 1 saturated heterocycles. The van der Waals surface area contributed by atoms with Gasteiger partial charge in [0.25, 0.3) is 5.91 Å². The Morgan fingerprint density at radius 1 is 1.42 bits per heavy atom. The number of carbonyl (C=O) groups is 1. The second kappa shape index (κ2) is 4.94. The summed E-state index contributed by atoms with van der Waals surface area (Å²) in [6.45, 7) is 2.87. The molecule has 19 heavy (non-hydrogen) atoms. The summed E-state index contributed by atoms with van der Waals surface area (Å²) >= 11 is 3.48. The van der Waals surface area contributed by atoms with Crippen LogP contribution in [0.4, 0.5) is 0 Å². The minimum absolute atomic E-state index is 0.150. The highest BCUT2D eigenvalue weighted by atomic mass is 79.9. The van der Waals surface area contributed by atoms with E-state index in [9.17, 15) is 4.79 Å². The van der Waals surface area contributed by atoms with Crippen LogP contribution in [0.2, 0.25) is 0 Å². The van der Waals surface area contributed by atoms with Crippen LogP contribution in [0.25, 0.3) is 0 Å². The topological polar surface area (TPSA) is 51.3 Å². The molecule has 0 radical (unpaired) electrons. The van der Waals surface area contributed by atoms with Gasteiger partial charge in [-0.2, -0.15) is 0 Å². The molecule has 3 rings (SSSR count). The van der Waals surface area contributed by atoms with E-state index in [2.05, 4.69) is 27.4 Å². The summed E-state index contributed by atoms with van der Waals surface area (Å²) in [5.74, 6) is 0.150. The molecular weight excluding hydrogens is 306 g/mol. The first kappa shape index (κ1) is 13.2. The Bertz CT molecular complexity index is 495. The van der Waals surface area contributed by atoms with Crippen LogP contribution >= 0.6 is 15.9 Å². The van der Waals surface area contributed by atoms with Crippen molar-refractivity contribution in [3.05, 3.63) is 22.4 Å². The number of nitrogens with two attached hydrogens (primary N) is 1. The van der Waals surface area contributed by atoms with Crippen LogP contribution in [0.3, 0.4) is 0 Å². The molecule has 1 aliphatic carbocycles. The Hall–Kier alpha value is -0.810. The van der Waals surface area contributed by atoms with Crippen molar-refractivity contribution in [3.63, 3.8) is 0 Å². The number of hydrogen-bond acceptors (Lipinski definition) is 2. The van der Waals surface area contributed by atoms with Crippen LogP contribution in [-0.2, 0) is 0 Å². The highest BCUT2D eigenvalue weighted by Crippen LogP contribution is 2.38. The lowest BCUT2D eigenvalue weighted by atomic mass is 9.99. The maximum Gasteiger partial charge on any atom is 0.270 e. The Balaban J connectivity index is 1.83. The molecule has 2 N–H and O–H groups in total. The highest BCUT2D eigenvalue weighted by molar-refractivity contribution is 9.10. The molecule has 1 saturated carbocycles. The van der Waals surface area contributed by atoms with Crippen LogP contribution < -0.4 is 5.73 Å². The minimum atomic E-state index is 0.150. The number of hydrogen-bond donors (Lipinski definition) is 1. The molecule has 4 nitrogen and oxygen atoms in total. The van der Waals surface area contributed by atoms with Crippen LogP contribution in [0.5, 0.6) is 0 Å². The molecule has 1 aromatic rings. The van der Waals surface area contributed by atoms with Gasteiger partial charge in [0.2, 0.25) is 0 Å². The number of amides is 1. The van der Waals surface area contributed by atoms with Crippen molar-refractivity contribution in [3.8, 4) is 0 Å². The molecule has 2 fully saturated rings. The van der Waals surface area contributed by atoms with Crippen LogP contribution in [0.15, 0.2) is 16.7 Å². The average molecular weight is 326 g/mol. The normalized spacial score (nSPS) is 27.6. The second-order valence-corrected chi connectivity index (χ2v) is 6.73. The summed E-state index contributed by atoms with van der Waals surface area (Å²) in [5.41, 5.74) is 6.78. The maximum absolute atomic E-state index is 12.7. The van der Waals surface area contributed by atoms with E-state index in [1.54, 1.807) is 0 Å². The van der Waals surface area contributed by atoms with E-state index in [1.165, 1.54) is 12.8 Å². The summed E-state index contributed by atoms with van der Waals surface area (Å²) in [6.07, 6.45) is 6.20. The van der Waals surface area contributed by atoms with Crippen LogP contribution in [-0.4, -0.2) is 34.0 Å². The van der Waals surface area contributed by atoms with Gasteiger partial charge in [0.1, 0.15) is 5.69 Å². The molecule has 0 aromatic carbocycles. The molecule has 0 bridgehead atoms. The fourth-order valence-electron chi connectivity index (χ4n) is 2.93. The molecule has 1 amide bonds. The summed E-state index contributed by atoms with van der Waals surface area (Å²) in [7, 11) is 0. The Kier molecular flexibility index (Phi) is 3.43. The predicted octanol–water partition coefficient (Wildman–Crippen LogP) is 2.54. The first-order valence-corrected chi connectivity index (χ1v) is 7.79. The van der Waals surface area contributed by atoms with E-state index in [-0.39, 0.29) is 18.0 Å². The molecule has 2 heterocycles. The predicted molar refractivity (Wildman–Crippen MR) is 78.1 cm³/mol. The third-order valence-corrected chi connectivity index (χ3v) is 4.59. The Morgan fingerprint density at radius 2 is 2.16 bits per heavy atom. The number of rotatable bonds is 2. The van der Waals surface area contributed by atoms with Gasteiger partial charge in [-0.1, -0.05) is 0 Å². The average Bonchev–Trinajstić information content (AvgIpc) is 3.12. The van der Waals surface area contributed by atoms with E-state index < -0.39 is 0 Å². The molecule has 0 spiro atoms. The first-order valence-electron chi connectivity index (χ1n) is 7.00. The van der Waals surface area contributed by atoms with Gasteiger partial charge in [0.05, 0.1) is 0 Å². The third kappa shape index (κ3) is 2.58. The molecule has 2 atom stereocenters. The van der Waals surface area contributed by atoms with Gasteiger partial charge >= 0.3 is 0 Å². The molecule has 104 valence electrons. The quantitative estimate of drug-likeness (QED) is 0.908. The van der Waals surface area contributed by atoms with Crippen molar-refractivity contribution in [2.45, 2.75) is 50.7 Å². The van der Waals surface area contributed by atoms with Gasteiger partial charge in [-0.25, -0.2) is 0 Å². The van der Waals surface area contributed by atoms with Gasteiger partial charge in [0, 0.05) is 35.3 Å². The number of aromatic nitrogens is 1. The van der Waals surface area contributed by atoms with Crippen molar-refractivity contribution < 1.29 is 4.79 Å². The Labute approximate surface area is 122 Å². The van der Waals surface area contributed by atoms with Crippen LogP contribution in [0.1, 0.15) is 49.1 Å². The fraction of sp³-hybridized carbons (Fsp3) is 0.643. The van der Waals surface area contributed by atoms with Gasteiger partial charge in [0.15, 0.2) is 0 Å². The second-order valence-electron chi connectivity index (χ2n) is 5.81. The van der Waals surface area contributed by atoms with E-state index in [0.29, 0.717) is 6.04 Å². The van der Waals surface area contributed by atoms with Crippen molar-refractivity contribution in [1.29, 1.82) is 0 Å². The maximum atomic E-state index is 12.7. The monoisotopic (exact) mass is 325 g/mol. The van der Waals surface area contributed by atoms with E-state index >= 15 is 0 Å². The van der Waals surface area contributed by atoms with Gasteiger partial charge in [-0.15, -0.1) is 0 Å². The number of carbonyl (C=O) groups excluding carboxylic acids is 1. The zero-order valence-electron chi connectivity index (χ0n) is 11.2. The largest absolute Gasteiger partial charge is 0.339 e. The van der Waals surface area contributed by atoms with Gasteiger partial charge < -0.3 is 15.2 Å². The van der Waals surface area contributed by atoms with Gasteiger partial charge in [-0.05, 0) is 54.6 Å². The molecule has 5 heteroatoms. The number of nitrogens with zero attached hydrogens (tertiary/aromatic N) is 2. The molecule has 2 aliphatic rings. The van der Waals surface area contributed by atoms with Crippen molar-refractivity contribution >= 4 is 21.8 Å². The molecule has 1 aliphatic heterocycles. The summed E-state index contributed by atoms with van der Waals surface area (Å²) in [5, 5.41) is 0. The standard InChI is InChI=1S/C14H20BrN3O/c1-9-6-11(16)4-5-17(9)14(19)13-7-10(15)8-18(13)12-2-3-12/h7-9,11-12H,2-6,16H2,1H3. The van der Waals surface area contributed by atoms with Crippen molar-refractivity contribution in [2.24, 2.45) is 5.73 Å². The fourth-order valence-corrected chi connectivity index (χ4v) is 3.37. The Morgan fingerprint density at radius 3 is 2.79 bits per heavy atom. The lowest BCUT2D eigenvalue weighted by molar-refractivity contribution is 0.0607. The molecular formula is C14H20BrN3O. The summed E-state index contributed by atoms with van der Waals surface area (Å²) in [6, 6.07) is 2.94. The van der Waals surface area contributed by atoms with E-state index in [4.69, 9.17) is 5.73 Å². The SMILES string of the molecule is CC1CC(N)CCN1C(=O)c1cc(Br)cn1C1CC1.